The normalized spacial score (nSPS) is 12.2. The predicted octanol–water partition coefficient (Wildman–Crippen LogP) is 2.56. The topological polar surface area (TPSA) is 55.1 Å². The largest absolute Gasteiger partial charge is 0.330 e. The fourth-order valence-electron chi connectivity index (χ4n) is 1.75. The van der Waals surface area contributed by atoms with Crippen molar-refractivity contribution in [3.05, 3.63) is 29.8 Å². The van der Waals surface area contributed by atoms with Crippen LogP contribution in [0.5, 0.6) is 0 Å². The molecule has 0 heterocycles. The minimum absolute atomic E-state index is 0.0729. The number of carbonyl (C=O) groups excluding carboxylic acids is 1. The number of hydrogen-bond acceptors (Lipinski definition) is 2. The standard InChI is InChI=1S/C14H22N2O/c1-3-4-11(2)14(17)16-13-7-5-12(6-8-13)9-10-15/h5-8,11H,3-4,9-10,15H2,1-2H3,(H,16,17). The maximum Gasteiger partial charge on any atom is 0.227 e. The molecule has 0 fully saturated rings. The van der Waals surface area contributed by atoms with E-state index in [1.54, 1.807) is 0 Å². The first kappa shape index (κ1) is 13.7. The maximum absolute atomic E-state index is 11.8. The molecule has 0 aliphatic carbocycles. The van der Waals surface area contributed by atoms with E-state index < -0.39 is 0 Å². The summed E-state index contributed by atoms with van der Waals surface area (Å²) in [6, 6.07) is 7.88. The van der Waals surface area contributed by atoms with E-state index in [1.165, 1.54) is 5.56 Å². The molecule has 0 radical (unpaired) electrons. The zero-order valence-corrected chi connectivity index (χ0v) is 10.7. The Labute approximate surface area is 103 Å². The van der Waals surface area contributed by atoms with Gasteiger partial charge in [0, 0.05) is 11.6 Å². The molecule has 3 nitrogen and oxygen atoms in total. The summed E-state index contributed by atoms with van der Waals surface area (Å²) in [5.74, 6) is 0.169. The van der Waals surface area contributed by atoms with E-state index in [2.05, 4.69) is 12.2 Å². The van der Waals surface area contributed by atoms with Gasteiger partial charge in [-0.05, 0) is 37.1 Å². The van der Waals surface area contributed by atoms with Crippen molar-refractivity contribution in [1.82, 2.24) is 0 Å². The zero-order chi connectivity index (χ0) is 12.7. The average Bonchev–Trinajstić information content (AvgIpc) is 2.32. The van der Waals surface area contributed by atoms with Crippen molar-refractivity contribution in [2.75, 3.05) is 11.9 Å². The second-order valence-corrected chi connectivity index (χ2v) is 4.41. The molecule has 1 atom stereocenters. The summed E-state index contributed by atoms with van der Waals surface area (Å²) in [6.45, 7) is 4.70. The minimum atomic E-state index is 0.0729. The molecule has 0 saturated heterocycles. The molecule has 0 bridgehead atoms. The average molecular weight is 234 g/mol. The molecule has 0 aromatic heterocycles. The fourth-order valence-corrected chi connectivity index (χ4v) is 1.75. The van der Waals surface area contributed by atoms with Gasteiger partial charge in [-0.3, -0.25) is 4.79 Å². The van der Waals surface area contributed by atoms with E-state index >= 15 is 0 Å². The van der Waals surface area contributed by atoms with Gasteiger partial charge in [-0.15, -0.1) is 0 Å². The molecular formula is C14H22N2O. The first-order valence-electron chi connectivity index (χ1n) is 6.27. The number of benzene rings is 1. The van der Waals surface area contributed by atoms with E-state index in [9.17, 15) is 4.79 Å². The number of nitrogens with one attached hydrogen (secondary N) is 1. The van der Waals surface area contributed by atoms with Gasteiger partial charge >= 0.3 is 0 Å². The SMILES string of the molecule is CCCC(C)C(=O)Nc1ccc(CCN)cc1. The highest BCUT2D eigenvalue weighted by Crippen LogP contribution is 2.13. The molecule has 1 aromatic carbocycles. The number of amides is 1. The van der Waals surface area contributed by atoms with Gasteiger partial charge in [-0.1, -0.05) is 32.4 Å². The third kappa shape index (κ3) is 4.57. The van der Waals surface area contributed by atoms with E-state index in [4.69, 9.17) is 5.73 Å². The lowest BCUT2D eigenvalue weighted by Crippen LogP contribution is -2.20. The van der Waals surface area contributed by atoms with Crippen molar-refractivity contribution < 1.29 is 4.79 Å². The van der Waals surface area contributed by atoms with E-state index in [1.807, 2.05) is 31.2 Å². The van der Waals surface area contributed by atoms with Crippen LogP contribution < -0.4 is 11.1 Å². The number of nitrogens with two attached hydrogens (primary N) is 1. The van der Waals surface area contributed by atoms with Crippen molar-refractivity contribution in [2.45, 2.75) is 33.1 Å². The van der Waals surface area contributed by atoms with Gasteiger partial charge in [0.15, 0.2) is 0 Å². The number of carbonyl (C=O) groups is 1. The highest BCUT2D eigenvalue weighted by molar-refractivity contribution is 5.92. The van der Waals surface area contributed by atoms with Gasteiger partial charge in [0.05, 0.1) is 0 Å². The molecule has 1 aromatic rings. The van der Waals surface area contributed by atoms with E-state index in [0.29, 0.717) is 6.54 Å². The Morgan fingerprint density at radius 3 is 2.53 bits per heavy atom. The summed E-state index contributed by atoms with van der Waals surface area (Å²) in [6.07, 6.45) is 2.83. The molecule has 3 heteroatoms. The summed E-state index contributed by atoms with van der Waals surface area (Å²) in [5, 5.41) is 2.93. The van der Waals surface area contributed by atoms with Gasteiger partial charge in [0.2, 0.25) is 5.91 Å². The third-order valence-corrected chi connectivity index (χ3v) is 2.82. The smallest absolute Gasteiger partial charge is 0.227 e. The van der Waals surface area contributed by atoms with Crippen LogP contribution in [-0.4, -0.2) is 12.5 Å². The van der Waals surface area contributed by atoms with Crippen LogP contribution in [0.15, 0.2) is 24.3 Å². The Morgan fingerprint density at radius 1 is 1.35 bits per heavy atom. The first-order chi connectivity index (χ1) is 8.17. The van der Waals surface area contributed by atoms with Crippen LogP contribution in [0, 0.1) is 5.92 Å². The van der Waals surface area contributed by atoms with Gasteiger partial charge in [-0.2, -0.15) is 0 Å². The molecule has 17 heavy (non-hydrogen) atoms. The van der Waals surface area contributed by atoms with Crippen molar-refractivity contribution in [1.29, 1.82) is 0 Å². The highest BCUT2D eigenvalue weighted by atomic mass is 16.1. The van der Waals surface area contributed by atoms with E-state index in [0.717, 1.165) is 24.9 Å². The molecule has 1 rings (SSSR count). The van der Waals surface area contributed by atoms with Crippen LogP contribution in [0.3, 0.4) is 0 Å². The fraction of sp³-hybridized carbons (Fsp3) is 0.500. The van der Waals surface area contributed by atoms with Crippen molar-refractivity contribution in [2.24, 2.45) is 11.7 Å². The van der Waals surface area contributed by atoms with Crippen LogP contribution in [0.2, 0.25) is 0 Å². The lowest BCUT2D eigenvalue weighted by atomic mass is 10.1. The Bertz CT molecular complexity index is 346. The molecule has 0 aliphatic rings. The predicted molar refractivity (Wildman–Crippen MR) is 71.9 cm³/mol. The number of rotatable bonds is 6. The van der Waals surface area contributed by atoms with Crippen molar-refractivity contribution >= 4 is 11.6 Å². The Balaban J connectivity index is 2.53. The van der Waals surface area contributed by atoms with Crippen LogP contribution in [0.25, 0.3) is 0 Å². The lowest BCUT2D eigenvalue weighted by molar-refractivity contribution is -0.119. The minimum Gasteiger partial charge on any atom is -0.330 e. The Kier molecular flexibility index (Phi) is 5.70. The molecule has 0 spiro atoms. The lowest BCUT2D eigenvalue weighted by Gasteiger charge is -2.11. The van der Waals surface area contributed by atoms with Crippen LogP contribution in [0.1, 0.15) is 32.3 Å². The molecule has 94 valence electrons. The third-order valence-electron chi connectivity index (χ3n) is 2.82. The van der Waals surface area contributed by atoms with Crippen LogP contribution >= 0.6 is 0 Å². The molecule has 3 N–H and O–H groups in total. The summed E-state index contributed by atoms with van der Waals surface area (Å²) >= 11 is 0. The van der Waals surface area contributed by atoms with E-state index in [-0.39, 0.29) is 11.8 Å². The van der Waals surface area contributed by atoms with Gasteiger partial charge in [0.25, 0.3) is 0 Å². The number of hydrogen-bond donors (Lipinski definition) is 2. The summed E-state index contributed by atoms with van der Waals surface area (Å²) < 4.78 is 0. The maximum atomic E-state index is 11.8. The summed E-state index contributed by atoms with van der Waals surface area (Å²) in [5.41, 5.74) is 7.54. The van der Waals surface area contributed by atoms with Gasteiger partial charge in [-0.25, -0.2) is 0 Å². The quantitative estimate of drug-likeness (QED) is 0.794. The van der Waals surface area contributed by atoms with Crippen LogP contribution in [-0.2, 0) is 11.2 Å². The Hall–Kier alpha value is -1.35. The molecule has 1 amide bonds. The van der Waals surface area contributed by atoms with Crippen molar-refractivity contribution in [3.63, 3.8) is 0 Å². The van der Waals surface area contributed by atoms with Gasteiger partial charge < -0.3 is 11.1 Å². The Morgan fingerprint density at radius 2 is 2.00 bits per heavy atom. The second kappa shape index (κ2) is 7.07. The first-order valence-corrected chi connectivity index (χ1v) is 6.27. The molecule has 1 unspecified atom stereocenters. The second-order valence-electron chi connectivity index (χ2n) is 4.41. The molecule has 0 saturated carbocycles. The number of anilines is 1. The molecular weight excluding hydrogens is 212 g/mol. The summed E-state index contributed by atoms with van der Waals surface area (Å²) in [4.78, 5) is 11.8. The van der Waals surface area contributed by atoms with Gasteiger partial charge in [0.1, 0.15) is 0 Å². The molecule has 0 aliphatic heterocycles. The van der Waals surface area contributed by atoms with Crippen molar-refractivity contribution in [3.8, 4) is 0 Å². The zero-order valence-electron chi connectivity index (χ0n) is 10.7. The highest BCUT2D eigenvalue weighted by Gasteiger charge is 2.11. The van der Waals surface area contributed by atoms with Crippen LogP contribution in [0.4, 0.5) is 5.69 Å². The monoisotopic (exact) mass is 234 g/mol. The summed E-state index contributed by atoms with van der Waals surface area (Å²) in [7, 11) is 0.